The van der Waals surface area contributed by atoms with Gasteiger partial charge in [0, 0.05) is 7.05 Å². The van der Waals surface area contributed by atoms with Crippen LogP contribution in [0.4, 0.5) is 0 Å². The summed E-state index contributed by atoms with van der Waals surface area (Å²) in [6, 6.07) is 0. The molecular formula is C7H13NO4. The molecule has 2 bridgehead atoms. The van der Waals surface area contributed by atoms with Crippen LogP contribution >= 0.6 is 0 Å². The quantitative estimate of drug-likeness (QED) is 0.502. The Bertz CT molecular complexity index is 213. The third-order valence-electron chi connectivity index (χ3n) is 2.35. The number of hydrogen-bond donors (Lipinski definition) is 2. The van der Waals surface area contributed by atoms with Crippen LogP contribution in [0.1, 0.15) is 1.37 Å². The number of likely N-dealkylation sites (N-methyl/N-ethyl adjacent to an activating group) is 1. The third kappa shape index (κ3) is 0.982. The van der Waals surface area contributed by atoms with Crippen LogP contribution < -0.4 is 0 Å². The van der Waals surface area contributed by atoms with E-state index in [-0.39, 0.29) is 13.2 Å². The molecule has 4 atom stereocenters. The molecule has 2 fully saturated rings. The van der Waals surface area contributed by atoms with Gasteiger partial charge in [0.25, 0.3) is 0 Å². The molecule has 0 aromatic carbocycles. The highest BCUT2D eigenvalue weighted by Gasteiger charge is 2.54. The molecule has 0 aromatic rings. The topological polar surface area (TPSA) is 62.2 Å². The van der Waals surface area contributed by atoms with Crippen LogP contribution in [0.15, 0.2) is 0 Å². The average Bonchev–Trinajstić information content (AvgIpc) is 2.26. The Morgan fingerprint density at radius 1 is 1.83 bits per heavy atom. The summed E-state index contributed by atoms with van der Waals surface area (Å²) in [5.41, 5.74) is -1.04. The number of fused-ring (bicyclic) bond motifs is 2. The number of aliphatic hydroxyl groups is 2. The normalized spacial score (nSPS) is 55.6. The zero-order valence-corrected chi connectivity index (χ0v) is 6.80. The summed E-state index contributed by atoms with van der Waals surface area (Å²) in [4.78, 5) is 5.19. The first-order valence-electron chi connectivity index (χ1n) is 4.44. The summed E-state index contributed by atoms with van der Waals surface area (Å²) in [5, 5.41) is 20.3. The molecule has 2 rings (SSSR count). The molecule has 70 valence electrons. The van der Waals surface area contributed by atoms with Crippen molar-refractivity contribution in [1.82, 2.24) is 5.06 Å². The lowest BCUT2D eigenvalue weighted by molar-refractivity contribution is -0.255. The van der Waals surface area contributed by atoms with Crippen LogP contribution in [0, 0.1) is 0 Å². The highest BCUT2D eigenvalue weighted by atomic mass is 16.7. The second-order valence-corrected chi connectivity index (χ2v) is 3.28. The van der Waals surface area contributed by atoms with Crippen molar-refractivity contribution in [3.8, 4) is 0 Å². The van der Waals surface area contributed by atoms with E-state index in [1.54, 1.807) is 7.05 Å². The molecule has 0 saturated carbocycles. The summed E-state index contributed by atoms with van der Waals surface area (Å²) < 4.78 is 12.7. The molecule has 0 spiro atoms. The fraction of sp³-hybridized carbons (Fsp3) is 1.00. The smallest absolute Gasteiger partial charge is 0.135 e. The van der Waals surface area contributed by atoms with Gasteiger partial charge in [-0.1, -0.05) is 0 Å². The Labute approximate surface area is 71.9 Å². The van der Waals surface area contributed by atoms with Gasteiger partial charge in [0.2, 0.25) is 0 Å². The Hall–Kier alpha value is -0.200. The zero-order valence-electron chi connectivity index (χ0n) is 7.80. The molecule has 5 heteroatoms. The van der Waals surface area contributed by atoms with Gasteiger partial charge in [-0.2, -0.15) is 5.06 Å². The molecule has 2 aliphatic heterocycles. The minimum absolute atomic E-state index is 0.274. The first kappa shape index (κ1) is 7.23. The van der Waals surface area contributed by atoms with E-state index < -0.39 is 24.4 Å². The van der Waals surface area contributed by atoms with Crippen LogP contribution in [0.3, 0.4) is 0 Å². The van der Waals surface area contributed by atoms with Gasteiger partial charge in [-0.15, -0.1) is 0 Å². The van der Waals surface area contributed by atoms with E-state index in [1.165, 1.54) is 5.06 Å². The number of aliphatic hydroxyl groups excluding tert-OH is 2. The molecule has 2 heterocycles. The van der Waals surface area contributed by atoms with Crippen molar-refractivity contribution in [2.45, 2.75) is 17.8 Å². The van der Waals surface area contributed by atoms with E-state index in [0.29, 0.717) is 0 Å². The fourth-order valence-corrected chi connectivity index (χ4v) is 1.66. The summed E-state index contributed by atoms with van der Waals surface area (Å²) >= 11 is 0. The lowest BCUT2D eigenvalue weighted by Crippen LogP contribution is -2.58. The second kappa shape index (κ2) is 2.65. The maximum absolute atomic E-state index is 9.69. The molecule has 0 radical (unpaired) electrons. The predicted molar refractivity (Wildman–Crippen MR) is 39.3 cm³/mol. The molecule has 2 N–H and O–H groups in total. The van der Waals surface area contributed by atoms with Crippen molar-refractivity contribution in [2.24, 2.45) is 0 Å². The summed E-state index contributed by atoms with van der Waals surface area (Å²) in [6.07, 6.45) is -1.61. The lowest BCUT2D eigenvalue weighted by atomic mass is 9.95. The number of rotatable bonds is 1. The van der Waals surface area contributed by atoms with E-state index in [9.17, 15) is 5.11 Å². The largest absolute Gasteiger partial charge is 0.393 e. The molecular weight excluding hydrogens is 162 g/mol. The van der Waals surface area contributed by atoms with Gasteiger partial charge in [0.05, 0.1) is 21.1 Å². The highest BCUT2D eigenvalue weighted by molar-refractivity contribution is 5.01. The van der Waals surface area contributed by atoms with Crippen LogP contribution in [-0.2, 0) is 9.57 Å². The fourth-order valence-electron chi connectivity index (χ4n) is 1.66. The maximum atomic E-state index is 9.69. The van der Waals surface area contributed by atoms with E-state index in [4.69, 9.17) is 16.1 Å². The standard InChI is InChI=1S/C7H13NO4/c1-8-3-7(4-9)6(10)5(12-8)2-11-7/h5-6,9-10H,2-4H2,1H3/t5-,6?,7+/m1/s1/i2T/t2-,5+,6?,7-/m0. The van der Waals surface area contributed by atoms with Gasteiger partial charge < -0.3 is 14.9 Å². The lowest BCUT2D eigenvalue weighted by Gasteiger charge is -2.38. The Balaban J connectivity index is 2.26. The molecule has 1 unspecified atom stereocenters. The summed E-state index contributed by atoms with van der Waals surface area (Å²) in [5.74, 6) is 0. The van der Waals surface area contributed by atoms with E-state index in [0.717, 1.165) is 0 Å². The van der Waals surface area contributed by atoms with Gasteiger partial charge in [-0.25, -0.2) is 0 Å². The van der Waals surface area contributed by atoms with Gasteiger partial charge in [-0.3, -0.25) is 4.84 Å². The minimum atomic E-state index is -1.04. The SMILES string of the molecule is [3H][C@@H]1O[C@]2(CO)CN(C)O[C@H]1C2O. The minimum Gasteiger partial charge on any atom is -0.393 e. The van der Waals surface area contributed by atoms with Crippen molar-refractivity contribution in [1.29, 1.82) is 0 Å². The molecule has 0 aliphatic carbocycles. The number of ether oxygens (including phenoxy) is 1. The van der Waals surface area contributed by atoms with Crippen LogP contribution in [0.2, 0.25) is 0 Å². The van der Waals surface area contributed by atoms with Gasteiger partial charge in [0.1, 0.15) is 17.8 Å². The van der Waals surface area contributed by atoms with Gasteiger partial charge in [0.15, 0.2) is 0 Å². The third-order valence-corrected chi connectivity index (χ3v) is 2.35. The van der Waals surface area contributed by atoms with Crippen LogP contribution in [0.5, 0.6) is 0 Å². The monoisotopic (exact) mass is 177 g/mol. The first-order chi connectivity index (χ1) is 6.09. The molecule has 12 heavy (non-hydrogen) atoms. The number of nitrogens with zero attached hydrogens (tertiary/aromatic N) is 1. The molecule has 0 amide bonds. The van der Waals surface area contributed by atoms with Crippen LogP contribution in [0.25, 0.3) is 0 Å². The van der Waals surface area contributed by atoms with Crippen molar-refractivity contribution >= 4 is 0 Å². The molecule has 5 nitrogen and oxygen atoms in total. The second-order valence-electron chi connectivity index (χ2n) is 3.28. The predicted octanol–water partition coefficient (Wildman–Crippen LogP) is -1.65. The maximum Gasteiger partial charge on any atom is 0.135 e. The Morgan fingerprint density at radius 2 is 2.58 bits per heavy atom. The summed E-state index contributed by atoms with van der Waals surface area (Å²) in [6.45, 7) is -0.948. The first-order valence-corrected chi connectivity index (χ1v) is 3.86. The van der Waals surface area contributed by atoms with Crippen molar-refractivity contribution in [3.63, 3.8) is 0 Å². The molecule has 0 aromatic heterocycles. The average molecular weight is 177 g/mol. The van der Waals surface area contributed by atoms with Gasteiger partial charge in [-0.05, 0) is 0 Å². The Morgan fingerprint density at radius 3 is 3.25 bits per heavy atom. The van der Waals surface area contributed by atoms with Crippen molar-refractivity contribution in [3.05, 3.63) is 0 Å². The van der Waals surface area contributed by atoms with E-state index in [1.807, 2.05) is 0 Å². The van der Waals surface area contributed by atoms with Crippen molar-refractivity contribution in [2.75, 3.05) is 26.8 Å². The van der Waals surface area contributed by atoms with E-state index >= 15 is 0 Å². The zero-order chi connectivity index (χ0) is 9.64. The molecule has 2 saturated heterocycles. The molecule has 2 aliphatic rings. The highest BCUT2D eigenvalue weighted by Crippen LogP contribution is 2.33. The van der Waals surface area contributed by atoms with Crippen molar-refractivity contribution < 1.29 is 21.2 Å². The number of hydrogen-bond acceptors (Lipinski definition) is 5. The van der Waals surface area contributed by atoms with Gasteiger partial charge >= 0.3 is 0 Å². The Kier molecular flexibility index (Phi) is 1.59. The van der Waals surface area contributed by atoms with E-state index in [2.05, 4.69) is 0 Å². The summed E-state index contributed by atoms with van der Waals surface area (Å²) in [7, 11) is 1.69. The number of hydroxylamine groups is 2. The van der Waals surface area contributed by atoms with Crippen LogP contribution in [-0.4, -0.2) is 59.9 Å².